The minimum absolute atomic E-state index is 0.203. The molecule has 1 aromatic carbocycles. The molecule has 1 unspecified atom stereocenters. The van der Waals surface area contributed by atoms with Gasteiger partial charge >= 0.3 is 5.97 Å². The summed E-state index contributed by atoms with van der Waals surface area (Å²) in [5.74, 6) is -0.805. The SMILES string of the molecule is CCn1cc(C(=O)N2C(C(=O)O)CC[C@H]2c2ccccc2)c(C2CC2)n1. The van der Waals surface area contributed by atoms with Gasteiger partial charge in [-0.1, -0.05) is 30.3 Å². The van der Waals surface area contributed by atoms with Crippen molar-refractivity contribution in [2.24, 2.45) is 0 Å². The maximum absolute atomic E-state index is 13.4. The van der Waals surface area contributed by atoms with Gasteiger partial charge in [-0.3, -0.25) is 9.48 Å². The zero-order valence-corrected chi connectivity index (χ0v) is 14.8. The lowest BCUT2D eigenvalue weighted by molar-refractivity contribution is -0.141. The smallest absolute Gasteiger partial charge is 0.326 e. The van der Waals surface area contributed by atoms with Crippen molar-refractivity contribution < 1.29 is 14.7 Å². The largest absolute Gasteiger partial charge is 0.480 e. The number of aryl methyl sites for hydroxylation is 1. The predicted molar refractivity (Wildman–Crippen MR) is 95.9 cm³/mol. The second-order valence-electron chi connectivity index (χ2n) is 7.13. The van der Waals surface area contributed by atoms with Crippen LogP contribution >= 0.6 is 0 Å². The molecule has 0 spiro atoms. The molecule has 0 radical (unpaired) electrons. The molecular weight excluding hydrogens is 330 g/mol. The van der Waals surface area contributed by atoms with E-state index in [4.69, 9.17) is 0 Å². The summed E-state index contributed by atoms with van der Waals surface area (Å²) in [7, 11) is 0. The summed E-state index contributed by atoms with van der Waals surface area (Å²) in [5, 5.41) is 14.2. The quantitative estimate of drug-likeness (QED) is 0.895. The Bertz CT molecular complexity index is 826. The van der Waals surface area contributed by atoms with Crippen molar-refractivity contribution in [2.75, 3.05) is 0 Å². The minimum atomic E-state index is -0.937. The topological polar surface area (TPSA) is 75.4 Å². The molecule has 2 heterocycles. The van der Waals surface area contributed by atoms with Crippen molar-refractivity contribution >= 4 is 11.9 Å². The number of hydrogen-bond donors (Lipinski definition) is 1. The molecule has 1 amide bonds. The highest BCUT2D eigenvalue weighted by atomic mass is 16.4. The van der Waals surface area contributed by atoms with E-state index in [0.717, 1.165) is 24.1 Å². The number of rotatable bonds is 5. The Hall–Kier alpha value is -2.63. The molecule has 1 aromatic heterocycles. The number of amides is 1. The van der Waals surface area contributed by atoms with Crippen molar-refractivity contribution in [3.05, 3.63) is 53.3 Å². The molecule has 1 saturated heterocycles. The molecule has 4 rings (SSSR count). The molecule has 2 aromatic rings. The van der Waals surface area contributed by atoms with Crippen LogP contribution in [0.1, 0.15) is 66.2 Å². The van der Waals surface area contributed by atoms with Crippen LogP contribution in [-0.2, 0) is 11.3 Å². The van der Waals surface area contributed by atoms with Gasteiger partial charge < -0.3 is 10.0 Å². The van der Waals surface area contributed by atoms with Crippen LogP contribution in [0, 0.1) is 0 Å². The molecule has 26 heavy (non-hydrogen) atoms. The second-order valence-corrected chi connectivity index (χ2v) is 7.13. The summed E-state index contributed by atoms with van der Waals surface area (Å²) >= 11 is 0. The fourth-order valence-electron chi connectivity index (χ4n) is 3.90. The molecule has 2 fully saturated rings. The van der Waals surface area contributed by atoms with Gasteiger partial charge in [0.25, 0.3) is 5.91 Å². The highest BCUT2D eigenvalue weighted by Gasteiger charge is 2.44. The summed E-state index contributed by atoms with van der Waals surface area (Å²) in [6.07, 6.45) is 5.01. The third kappa shape index (κ3) is 2.89. The van der Waals surface area contributed by atoms with Crippen LogP contribution in [0.15, 0.2) is 36.5 Å². The number of benzene rings is 1. The van der Waals surface area contributed by atoms with E-state index in [9.17, 15) is 14.7 Å². The summed E-state index contributed by atoms with van der Waals surface area (Å²) in [6, 6.07) is 8.72. The summed E-state index contributed by atoms with van der Waals surface area (Å²) in [6.45, 7) is 2.68. The lowest BCUT2D eigenvalue weighted by Gasteiger charge is -2.28. The highest BCUT2D eigenvalue weighted by molar-refractivity contribution is 5.98. The number of hydrogen-bond acceptors (Lipinski definition) is 3. The van der Waals surface area contributed by atoms with Gasteiger partial charge in [0.05, 0.1) is 17.3 Å². The molecular formula is C20H23N3O3. The number of aromatic nitrogens is 2. The monoisotopic (exact) mass is 353 g/mol. The zero-order chi connectivity index (χ0) is 18.3. The number of carbonyl (C=O) groups is 2. The fraction of sp³-hybridized carbons (Fsp3) is 0.450. The van der Waals surface area contributed by atoms with Gasteiger partial charge in [-0.05, 0) is 38.2 Å². The van der Waals surface area contributed by atoms with Crippen LogP contribution in [0.3, 0.4) is 0 Å². The lowest BCUT2D eigenvalue weighted by atomic mass is 10.0. The van der Waals surface area contributed by atoms with Gasteiger partial charge in [0, 0.05) is 18.7 Å². The van der Waals surface area contributed by atoms with E-state index >= 15 is 0 Å². The first kappa shape index (κ1) is 16.8. The minimum Gasteiger partial charge on any atom is -0.480 e. The lowest BCUT2D eigenvalue weighted by Crippen LogP contribution is -2.42. The van der Waals surface area contributed by atoms with Gasteiger partial charge in [-0.25, -0.2) is 4.79 Å². The molecule has 1 aliphatic carbocycles. The van der Waals surface area contributed by atoms with Crippen molar-refractivity contribution in [1.29, 1.82) is 0 Å². The Morgan fingerprint density at radius 3 is 2.50 bits per heavy atom. The molecule has 1 N–H and O–H groups in total. The number of carboxylic acids is 1. The van der Waals surface area contributed by atoms with Crippen LogP contribution in [-0.4, -0.2) is 37.7 Å². The average Bonchev–Trinajstić information content (AvgIpc) is 3.25. The van der Waals surface area contributed by atoms with Gasteiger partial charge in [0.1, 0.15) is 6.04 Å². The van der Waals surface area contributed by atoms with Gasteiger partial charge in [-0.2, -0.15) is 5.10 Å². The van der Waals surface area contributed by atoms with E-state index in [1.54, 1.807) is 15.8 Å². The summed E-state index contributed by atoms with van der Waals surface area (Å²) < 4.78 is 1.78. The van der Waals surface area contributed by atoms with Crippen LogP contribution in [0.5, 0.6) is 0 Å². The van der Waals surface area contributed by atoms with Crippen LogP contribution < -0.4 is 0 Å². The molecule has 1 saturated carbocycles. The molecule has 6 nitrogen and oxygen atoms in total. The average molecular weight is 353 g/mol. The second kappa shape index (κ2) is 6.59. The van der Waals surface area contributed by atoms with Crippen LogP contribution in [0.2, 0.25) is 0 Å². The van der Waals surface area contributed by atoms with E-state index < -0.39 is 12.0 Å². The number of aliphatic carboxylic acids is 1. The number of carboxylic acid groups (broad SMARTS) is 1. The Morgan fingerprint density at radius 2 is 1.88 bits per heavy atom. The third-order valence-corrected chi connectivity index (χ3v) is 5.40. The van der Waals surface area contributed by atoms with Gasteiger partial charge in [0.2, 0.25) is 0 Å². The normalized spacial score (nSPS) is 22.6. The molecule has 2 aliphatic rings. The van der Waals surface area contributed by atoms with E-state index in [2.05, 4.69) is 5.10 Å². The highest BCUT2D eigenvalue weighted by Crippen LogP contribution is 2.43. The first-order valence-corrected chi connectivity index (χ1v) is 9.28. The van der Waals surface area contributed by atoms with E-state index in [1.807, 2.05) is 37.3 Å². The van der Waals surface area contributed by atoms with Gasteiger partial charge in [-0.15, -0.1) is 0 Å². The van der Waals surface area contributed by atoms with Crippen LogP contribution in [0.4, 0.5) is 0 Å². The van der Waals surface area contributed by atoms with Crippen molar-refractivity contribution in [3.8, 4) is 0 Å². The molecule has 136 valence electrons. The van der Waals surface area contributed by atoms with Gasteiger partial charge in [0.15, 0.2) is 0 Å². The first-order chi connectivity index (χ1) is 12.6. The van der Waals surface area contributed by atoms with E-state index in [0.29, 0.717) is 30.9 Å². The third-order valence-electron chi connectivity index (χ3n) is 5.40. The van der Waals surface area contributed by atoms with Crippen LogP contribution in [0.25, 0.3) is 0 Å². The van der Waals surface area contributed by atoms with Crippen molar-refractivity contribution in [3.63, 3.8) is 0 Å². The molecule has 1 aliphatic heterocycles. The maximum Gasteiger partial charge on any atom is 0.326 e. The number of nitrogens with zero attached hydrogens (tertiary/aromatic N) is 3. The van der Waals surface area contributed by atoms with Crippen molar-refractivity contribution in [1.82, 2.24) is 14.7 Å². The Kier molecular flexibility index (Phi) is 4.26. The summed E-state index contributed by atoms with van der Waals surface area (Å²) in [4.78, 5) is 26.8. The predicted octanol–water partition coefficient (Wildman–Crippen LogP) is 3.21. The molecule has 6 heteroatoms. The fourth-order valence-corrected chi connectivity index (χ4v) is 3.90. The Balaban J connectivity index is 1.73. The number of likely N-dealkylation sites (tertiary alicyclic amines) is 1. The van der Waals surface area contributed by atoms with E-state index in [-0.39, 0.29) is 11.9 Å². The van der Waals surface area contributed by atoms with Crippen molar-refractivity contribution in [2.45, 2.75) is 57.2 Å². The standard InChI is InChI=1S/C20H23N3O3/c1-2-22-12-15(18(21-22)14-8-9-14)19(24)23-16(10-11-17(23)20(25)26)13-6-4-3-5-7-13/h3-7,12,14,16-17H,2,8-11H2,1H3,(H,25,26)/t16-,17?/m0/s1. The van der Waals surface area contributed by atoms with E-state index in [1.165, 1.54) is 0 Å². The zero-order valence-electron chi connectivity index (χ0n) is 14.8. The first-order valence-electron chi connectivity index (χ1n) is 9.28. The molecule has 2 atom stereocenters. The Morgan fingerprint density at radius 1 is 1.15 bits per heavy atom. The maximum atomic E-state index is 13.4. The Labute approximate surface area is 152 Å². The number of carbonyl (C=O) groups excluding carboxylic acids is 1. The molecule has 0 bridgehead atoms. The summed E-state index contributed by atoms with van der Waals surface area (Å²) in [5.41, 5.74) is 2.39.